The molecule has 0 saturated heterocycles. The zero-order valence-corrected chi connectivity index (χ0v) is 22.2. The van der Waals surface area contributed by atoms with Crippen LogP contribution >= 0.6 is 0 Å². The predicted octanol–water partition coefficient (Wildman–Crippen LogP) is 6.66. The molecule has 1 fully saturated rings. The lowest BCUT2D eigenvalue weighted by molar-refractivity contribution is -0.657. The van der Waals surface area contributed by atoms with Gasteiger partial charge in [0.2, 0.25) is 0 Å². The average molecular weight is 499 g/mol. The minimum absolute atomic E-state index is 0.466. The molecule has 4 heteroatoms. The second-order valence-electron chi connectivity index (χ2n) is 10.7. The molecule has 2 atom stereocenters. The molecule has 1 aliphatic rings. The molecule has 0 amide bonds. The maximum Gasteiger partial charge on any atom is 0.265 e. The van der Waals surface area contributed by atoms with E-state index in [1.807, 2.05) is 0 Å². The molecule has 0 N–H and O–H groups in total. The maximum atomic E-state index is 2.51. The molecule has 2 unspecified atom stereocenters. The Morgan fingerprint density at radius 3 is 1.37 bits per heavy atom. The molecule has 7 rings (SSSR count). The fourth-order valence-corrected chi connectivity index (χ4v) is 6.94. The maximum absolute atomic E-state index is 2.51. The summed E-state index contributed by atoms with van der Waals surface area (Å²) < 4.78 is 9.91. The van der Waals surface area contributed by atoms with E-state index in [-0.39, 0.29) is 0 Å². The van der Waals surface area contributed by atoms with Crippen molar-refractivity contribution in [1.29, 1.82) is 0 Å². The summed E-state index contributed by atoms with van der Waals surface area (Å²) in [5.74, 6) is 3.75. The first-order valence-electron chi connectivity index (χ1n) is 13.8. The number of aromatic nitrogens is 4. The van der Waals surface area contributed by atoms with Crippen LogP contribution in [0, 0.1) is 0 Å². The molecule has 0 aliphatic heterocycles. The standard InChI is InChI=1S/C34H34N4/c1-35-29-20-9-11-22-31(29)37(27-16-5-3-6-17-27)33(35)25-14-13-15-26(24-25)34-36(2)30-21-10-12-23-32(30)38(34)28-18-7-4-8-19-28/h3-12,16-23,25-26H,13-15,24H2,1-2H3/q+2. The van der Waals surface area contributed by atoms with Gasteiger partial charge in [-0.15, -0.1) is 0 Å². The van der Waals surface area contributed by atoms with Gasteiger partial charge in [-0.25, -0.2) is 9.13 Å². The third-order valence-corrected chi connectivity index (χ3v) is 8.55. The molecule has 0 bridgehead atoms. The number of benzene rings is 4. The Labute approximate surface area is 224 Å². The molecule has 1 aliphatic carbocycles. The molecule has 2 heterocycles. The molecule has 188 valence electrons. The average Bonchev–Trinajstić information content (AvgIpc) is 3.45. The summed E-state index contributed by atoms with van der Waals surface area (Å²) in [4.78, 5) is 0. The van der Waals surface area contributed by atoms with Crippen LogP contribution in [-0.4, -0.2) is 9.13 Å². The third kappa shape index (κ3) is 3.59. The Morgan fingerprint density at radius 1 is 0.526 bits per heavy atom. The van der Waals surface area contributed by atoms with Gasteiger partial charge in [0.15, 0.2) is 22.1 Å². The number of para-hydroxylation sites is 6. The summed E-state index contributed by atoms with van der Waals surface area (Å²) in [7, 11) is 4.50. The molecule has 0 spiro atoms. The van der Waals surface area contributed by atoms with Crippen molar-refractivity contribution in [3.63, 3.8) is 0 Å². The first kappa shape index (κ1) is 23.0. The molecular formula is C34H34N4+2. The van der Waals surface area contributed by atoms with E-state index in [2.05, 4.69) is 142 Å². The Kier molecular flexibility index (Phi) is 5.61. The van der Waals surface area contributed by atoms with Gasteiger partial charge in [-0.05, 0) is 67.8 Å². The molecule has 38 heavy (non-hydrogen) atoms. The van der Waals surface area contributed by atoms with Crippen LogP contribution in [0.15, 0.2) is 109 Å². The van der Waals surface area contributed by atoms with E-state index in [1.165, 1.54) is 64.4 Å². The van der Waals surface area contributed by atoms with Crippen molar-refractivity contribution >= 4 is 22.1 Å². The summed E-state index contributed by atoms with van der Waals surface area (Å²) in [5.41, 5.74) is 7.62. The lowest BCUT2D eigenvalue weighted by Gasteiger charge is -2.26. The van der Waals surface area contributed by atoms with Gasteiger partial charge >= 0.3 is 0 Å². The molecule has 2 aromatic heterocycles. The highest BCUT2D eigenvalue weighted by Crippen LogP contribution is 2.42. The van der Waals surface area contributed by atoms with Gasteiger partial charge in [-0.2, -0.15) is 9.13 Å². The highest BCUT2D eigenvalue weighted by atomic mass is 15.2. The summed E-state index contributed by atoms with van der Waals surface area (Å²) in [6.45, 7) is 0. The SMILES string of the molecule is C[n+]1c(C2CCCC(c3n(-c4ccccc4)c4ccccc4[n+]3C)C2)n(-c2ccccc2)c2ccccc21. The van der Waals surface area contributed by atoms with Crippen molar-refractivity contribution in [2.45, 2.75) is 37.5 Å². The summed E-state index contributed by atoms with van der Waals surface area (Å²) in [6, 6.07) is 39.4. The Hall–Kier alpha value is -4.18. The second kappa shape index (κ2) is 9.29. The molecular weight excluding hydrogens is 464 g/mol. The van der Waals surface area contributed by atoms with E-state index in [0.717, 1.165) is 6.42 Å². The quantitative estimate of drug-likeness (QED) is 0.242. The van der Waals surface area contributed by atoms with Gasteiger partial charge in [0.25, 0.3) is 11.6 Å². The monoisotopic (exact) mass is 498 g/mol. The molecule has 6 aromatic rings. The van der Waals surface area contributed by atoms with Gasteiger partial charge in [-0.1, -0.05) is 67.1 Å². The zero-order valence-electron chi connectivity index (χ0n) is 22.2. The van der Waals surface area contributed by atoms with E-state index >= 15 is 0 Å². The van der Waals surface area contributed by atoms with Crippen molar-refractivity contribution in [2.24, 2.45) is 14.1 Å². The lowest BCUT2D eigenvalue weighted by atomic mass is 9.80. The van der Waals surface area contributed by atoms with Gasteiger partial charge in [0.1, 0.15) is 11.4 Å². The van der Waals surface area contributed by atoms with Crippen molar-refractivity contribution in [2.75, 3.05) is 0 Å². The van der Waals surface area contributed by atoms with Gasteiger partial charge in [-0.3, -0.25) is 0 Å². The van der Waals surface area contributed by atoms with Gasteiger partial charge in [0.05, 0.1) is 25.9 Å². The fraction of sp³-hybridized carbons (Fsp3) is 0.235. The minimum Gasteiger partial charge on any atom is -0.229 e. The molecule has 1 saturated carbocycles. The number of aryl methyl sites for hydroxylation is 2. The van der Waals surface area contributed by atoms with Crippen LogP contribution in [0.25, 0.3) is 33.4 Å². The lowest BCUT2D eigenvalue weighted by Crippen LogP contribution is -2.39. The van der Waals surface area contributed by atoms with Crippen LogP contribution in [0.4, 0.5) is 0 Å². The largest absolute Gasteiger partial charge is 0.265 e. The fourth-order valence-electron chi connectivity index (χ4n) is 6.94. The molecule has 4 aromatic carbocycles. The molecule has 4 nitrogen and oxygen atoms in total. The first-order valence-corrected chi connectivity index (χ1v) is 13.8. The van der Waals surface area contributed by atoms with Crippen LogP contribution in [0.1, 0.15) is 49.2 Å². The van der Waals surface area contributed by atoms with Gasteiger partial charge < -0.3 is 0 Å². The van der Waals surface area contributed by atoms with E-state index in [9.17, 15) is 0 Å². The van der Waals surface area contributed by atoms with Crippen LogP contribution in [0.5, 0.6) is 0 Å². The predicted molar refractivity (Wildman–Crippen MR) is 153 cm³/mol. The normalized spacial score (nSPS) is 17.8. The number of nitrogens with zero attached hydrogens (tertiary/aromatic N) is 4. The van der Waals surface area contributed by atoms with Crippen molar-refractivity contribution in [3.8, 4) is 11.4 Å². The minimum atomic E-state index is 0.466. The highest BCUT2D eigenvalue weighted by molar-refractivity contribution is 5.76. The van der Waals surface area contributed by atoms with Crippen LogP contribution in [0.3, 0.4) is 0 Å². The number of imidazole rings is 2. The van der Waals surface area contributed by atoms with E-state index in [4.69, 9.17) is 0 Å². The van der Waals surface area contributed by atoms with E-state index in [0.29, 0.717) is 11.8 Å². The zero-order chi connectivity index (χ0) is 25.6. The van der Waals surface area contributed by atoms with Crippen LogP contribution in [-0.2, 0) is 14.1 Å². The number of rotatable bonds is 4. The number of fused-ring (bicyclic) bond motifs is 2. The Bertz CT molecular complexity index is 1610. The second-order valence-corrected chi connectivity index (χ2v) is 10.7. The van der Waals surface area contributed by atoms with Crippen molar-refractivity contribution in [1.82, 2.24) is 9.13 Å². The van der Waals surface area contributed by atoms with Crippen LogP contribution < -0.4 is 9.13 Å². The number of hydrogen-bond donors (Lipinski definition) is 0. The Balaban J connectivity index is 1.38. The number of hydrogen-bond acceptors (Lipinski definition) is 0. The van der Waals surface area contributed by atoms with E-state index in [1.54, 1.807) is 0 Å². The highest BCUT2D eigenvalue weighted by Gasteiger charge is 2.40. The van der Waals surface area contributed by atoms with Crippen LogP contribution in [0.2, 0.25) is 0 Å². The smallest absolute Gasteiger partial charge is 0.229 e. The van der Waals surface area contributed by atoms with Crippen molar-refractivity contribution in [3.05, 3.63) is 121 Å². The Morgan fingerprint density at radius 2 is 0.921 bits per heavy atom. The van der Waals surface area contributed by atoms with Gasteiger partial charge in [0, 0.05) is 0 Å². The summed E-state index contributed by atoms with van der Waals surface area (Å²) >= 11 is 0. The third-order valence-electron chi connectivity index (χ3n) is 8.55. The summed E-state index contributed by atoms with van der Waals surface area (Å²) in [6.07, 6.45) is 4.78. The molecule has 0 radical (unpaired) electrons. The first-order chi connectivity index (χ1) is 18.7. The van der Waals surface area contributed by atoms with Crippen molar-refractivity contribution < 1.29 is 9.13 Å². The summed E-state index contributed by atoms with van der Waals surface area (Å²) in [5, 5.41) is 0. The topological polar surface area (TPSA) is 17.6 Å². The van der Waals surface area contributed by atoms with E-state index < -0.39 is 0 Å².